The Morgan fingerprint density at radius 1 is 1.33 bits per heavy atom. The van der Waals surface area contributed by atoms with Crippen LogP contribution in [0.25, 0.3) is 0 Å². The molecule has 3 rings (SSSR count). The molecular weight excluding hydrogens is 324 g/mol. The molecule has 0 N–H and O–H groups in total. The highest BCUT2D eigenvalue weighted by Gasteiger charge is 2.45. The summed E-state index contributed by atoms with van der Waals surface area (Å²) in [6.45, 7) is 1.61. The maximum absolute atomic E-state index is 12.9. The van der Waals surface area contributed by atoms with E-state index in [1.807, 2.05) is 47.4 Å². The van der Waals surface area contributed by atoms with Gasteiger partial charge in [-0.15, -0.1) is 0 Å². The number of benzene rings is 1. The molecule has 126 valence electrons. The van der Waals surface area contributed by atoms with Gasteiger partial charge in [-0.25, -0.2) is 0 Å². The molecule has 1 aromatic heterocycles. The van der Waals surface area contributed by atoms with Crippen LogP contribution in [-0.2, 0) is 16.1 Å². The van der Waals surface area contributed by atoms with Crippen molar-refractivity contribution in [3.8, 4) is 0 Å². The van der Waals surface area contributed by atoms with Crippen molar-refractivity contribution in [1.29, 1.82) is 0 Å². The van der Waals surface area contributed by atoms with E-state index in [0.717, 1.165) is 22.7 Å². The number of halogens is 1. The highest BCUT2D eigenvalue weighted by molar-refractivity contribution is 6.30. The van der Waals surface area contributed by atoms with E-state index in [2.05, 4.69) is 4.98 Å². The van der Waals surface area contributed by atoms with E-state index in [9.17, 15) is 4.79 Å². The Labute approximate surface area is 147 Å². The molecule has 4 nitrogen and oxygen atoms in total. The van der Waals surface area contributed by atoms with Gasteiger partial charge in [-0.2, -0.15) is 0 Å². The summed E-state index contributed by atoms with van der Waals surface area (Å²) in [5.41, 5.74) is 2.03. The van der Waals surface area contributed by atoms with Gasteiger partial charge in [-0.05, 0) is 42.2 Å². The van der Waals surface area contributed by atoms with Crippen molar-refractivity contribution in [3.05, 3.63) is 64.9 Å². The molecule has 0 unspecified atom stereocenters. The summed E-state index contributed by atoms with van der Waals surface area (Å²) in [6.07, 6.45) is 2.63. The Bertz CT molecular complexity index is 693. The van der Waals surface area contributed by atoms with Crippen LogP contribution in [0.5, 0.6) is 0 Å². The predicted molar refractivity (Wildman–Crippen MR) is 93.8 cm³/mol. The minimum absolute atomic E-state index is 0.0315. The quantitative estimate of drug-likeness (QED) is 0.771. The Morgan fingerprint density at radius 3 is 2.92 bits per heavy atom. The van der Waals surface area contributed by atoms with Crippen molar-refractivity contribution in [1.82, 2.24) is 9.88 Å². The van der Waals surface area contributed by atoms with Crippen molar-refractivity contribution in [2.24, 2.45) is 5.92 Å². The number of carbonyl (C=O) groups is 1. The highest BCUT2D eigenvalue weighted by atomic mass is 35.5. The van der Waals surface area contributed by atoms with Crippen molar-refractivity contribution < 1.29 is 9.53 Å². The van der Waals surface area contributed by atoms with Crippen molar-refractivity contribution in [2.75, 3.05) is 20.3 Å². The van der Waals surface area contributed by atoms with E-state index in [0.29, 0.717) is 19.7 Å². The van der Waals surface area contributed by atoms with Crippen LogP contribution in [0.4, 0.5) is 0 Å². The number of methoxy groups -OCH3 is 1. The largest absolute Gasteiger partial charge is 0.383 e. The van der Waals surface area contributed by atoms with Gasteiger partial charge in [0, 0.05) is 30.8 Å². The van der Waals surface area contributed by atoms with Crippen LogP contribution in [-0.4, -0.2) is 36.1 Å². The second-order valence-electron chi connectivity index (χ2n) is 6.08. The van der Waals surface area contributed by atoms with Crippen LogP contribution in [0.15, 0.2) is 48.7 Å². The SMILES string of the molecule is COCCN(Cc1ccccn1)C(=O)[C@H]1C[C@@H]1c1cccc(Cl)c1. The van der Waals surface area contributed by atoms with E-state index >= 15 is 0 Å². The molecule has 0 aliphatic heterocycles. The second kappa shape index (κ2) is 7.77. The number of carbonyl (C=O) groups excluding carboxylic acids is 1. The van der Waals surface area contributed by atoms with E-state index in [1.165, 1.54) is 0 Å². The average Bonchev–Trinajstić information content (AvgIpc) is 3.39. The summed E-state index contributed by atoms with van der Waals surface area (Å²) in [5, 5.41) is 0.718. The molecular formula is C19H21ClN2O2. The third kappa shape index (κ3) is 4.13. The first-order valence-electron chi connectivity index (χ1n) is 8.12. The number of pyridine rings is 1. The van der Waals surface area contributed by atoms with E-state index in [-0.39, 0.29) is 17.7 Å². The Hall–Kier alpha value is -1.91. The standard InChI is InChI=1S/C19H21ClN2O2/c1-24-10-9-22(13-16-7-2-3-8-21-16)19(23)18-12-17(18)14-5-4-6-15(20)11-14/h2-8,11,17-18H,9-10,12-13H2,1H3/t17-,18+/m1/s1. The average molecular weight is 345 g/mol. The zero-order chi connectivity index (χ0) is 16.9. The Balaban J connectivity index is 1.68. The summed E-state index contributed by atoms with van der Waals surface area (Å²) in [7, 11) is 1.65. The maximum atomic E-state index is 12.9. The van der Waals surface area contributed by atoms with Gasteiger partial charge in [0.15, 0.2) is 0 Å². The monoisotopic (exact) mass is 344 g/mol. The van der Waals surface area contributed by atoms with Gasteiger partial charge in [0.1, 0.15) is 0 Å². The van der Waals surface area contributed by atoms with Crippen molar-refractivity contribution in [3.63, 3.8) is 0 Å². The lowest BCUT2D eigenvalue weighted by Gasteiger charge is -2.22. The summed E-state index contributed by atoms with van der Waals surface area (Å²) < 4.78 is 5.16. The number of amides is 1. The first kappa shape index (κ1) is 16.9. The molecule has 1 fully saturated rings. The molecule has 1 aliphatic carbocycles. The Morgan fingerprint density at radius 2 is 2.21 bits per heavy atom. The van der Waals surface area contributed by atoms with Crippen LogP contribution < -0.4 is 0 Å². The molecule has 2 atom stereocenters. The molecule has 2 aromatic rings. The van der Waals surface area contributed by atoms with E-state index in [1.54, 1.807) is 13.3 Å². The number of hydrogen-bond donors (Lipinski definition) is 0. The summed E-state index contributed by atoms with van der Waals surface area (Å²) in [4.78, 5) is 19.1. The number of aromatic nitrogens is 1. The first-order valence-corrected chi connectivity index (χ1v) is 8.50. The zero-order valence-corrected chi connectivity index (χ0v) is 14.4. The molecule has 1 heterocycles. The predicted octanol–water partition coefficient (Wildman–Crippen LogP) is 3.51. The summed E-state index contributed by atoms with van der Waals surface area (Å²) in [6, 6.07) is 13.5. The molecule has 0 spiro atoms. The third-order valence-electron chi connectivity index (χ3n) is 4.34. The molecule has 5 heteroatoms. The van der Waals surface area contributed by atoms with Gasteiger partial charge in [-0.3, -0.25) is 9.78 Å². The topological polar surface area (TPSA) is 42.4 Å². The van der Waals surface area contributed by atoms with Crippen molar-refractivity contribution in [2.45, 2.75) is 18.9 Å². The lowest BCUT2D eigenvalue weighted by atomic mass is 10.1. The van der Waals surface area contributed by atoms with E-state index < -0.39 is 0 Å². The van der Waals surface area contributed by atoms with Crippen LogP contribution >= 0.6 is 11.6 Å². The molecule has 1 aromatic carbocycles. The van der Waals surface area contributed by atoms with Crippen LogP contribution in [0.2, 0.25) is 5.02 Å². The summed E-state index contributed by atoms with van der Waals surface area (Å²) >= 11 is 6.06. The third-order valence-corrected chi connectivity index (χ3v) is 4.58. The van der Waals surface area contributed by atoms with Gasteiger partial charge >= 0.3 is 0 Å². The van der Waals surface area contributed by atoms with Gasteiger partial charge < -0.3 is 9.64 Å². The fourth-order valence-corrected chi connectivity index (χ4v) is 3.16. The number of nitrogens with zero attached hydrogens (tertiary/aromatic N) is 2. The van der Waals surface area contributed by atoms with Crippen molar-refractivity contribution >= 4 is 17.5 Å². The fraction of sp³-hybridized carbons (Fsp3) is 0.368. The van der Waals surface area contributed by atoms with Crippen LogP contribution in [0.1, 0.15) is 23.6 Å². The van der Waals surface area contributed by atoms with Crippen LogP contribution in [0.3, 0.4) is 0 Å². The van der Waals surface area contributed by atoms with E-state index in [4.69, 9.17) is 16.3 Å². The molecule has 0 radical (unpaired) electrons. The maximum Gasteiger partial charge on any atom is 0.226 e. The second-order valence-corrected chi connectivity index (χ2v) is 6.51. The van der Waals surface area contributed by atoms with Gasteiger partial charge in [0.25, 0.3) is 0 Å². The Kier molecular flexibility index (Phi) is 5.48. The molecule has 0 bridgehead atoms. The number of hydrogen-bond acceptors (Lipinski definition) is 3. The van der Waals surface area contributed by atoms with Gasteiger partial charge in [0.05, 0.1) is 18.8 Å². The van der Waals surface area contributed by atoms with Gasteiger partial charge in [0.2, 0.25) is 5.91 Å². The molecule has 0 saturated heterocycles. The number of rotatable bonds is 7. The smallest absolute Gasteiger partial charge is 0.226 e. The number of ether oxygens (including phenoxy) is 1. The fourth-order valence-electron chi connectivity index (χ4n) is 2.96. The molecule has 24 heavy (non-hydrogen) atoms. The first-order chi connectivity index (χ1) is 11.7. The molecule has 1 amide bonds. The van der Waals surface area contributed by atoms with Crippen LogP contribution in [0, 0.1) is 5.92 Å². The molecule has 1 aliphatic rings. The summed E-state index contributed by atoms with van der Waals surface area (Å²) in [5.74, 6) is 0.469. The minimum Gasteiger partial charge on any atom is -0.383 e. The van der Waals surface area contributed by atoms with Gasteiger partial charge in [-0.1, -0.05) is 29.8 Å². The highest BCUT2D eigenvalue weighted by Crippen LogP contribution is 2.48. The minimum atomic E-state index is 0.0315. The normalized spacial score (nSPS) is 19.1. The lowest BCUT2D eigenvalue weighted by Crippen LogP contribution is -2.35. The molecule has 1 saturated carbocycles. The zero-order valence-electron chi connectivity index (χ0n) is 13.7. The lowest BCUT2D eigenvalue weighted by molar-refractivity contribution is -0.134.